The Bertz CT molecular complexity index is 2090. The number of carbonyl (C=O) groups excluding carboxylic acids is 4. The third-order valence-corrected chi connectivity index (χ3v) is 16.7. The fourth-order valence-electron chi connectivity index (χ4n) is 9.35. The highest BCUT2D eigenvalue weighted by atomic mass is 31.2. The van der Waals surface area contributed by atoms with Gasteiger partial charge in [0.1, 0.15) is 19.3 Å². The predicted octanol–water partition coefficient (Wildman–Crippen LogP) is 19.9. The fourth-order valence-corrected chi connectivity index (χ4v) is 10.9. The summed E-state index contributed by atoms with van der Waals surface area (Å²) in [6.07, 6.45) is 64.5. The van der Waals surface area contributed by atoms with E-state index in [0.717, 1.165) is 167 Å². The fraction of sp³-hybridized carbons (Fsp3) is 0.753. The van der Waals surface area contributed by atoms with Crippen LogP contribution in [0.3, 0.4) is 0 Å². The zero-order chi connectivity index (χ0) is 67.5. The van der Waals surface area contributed by atoms with Crippen LogP contribution in [0.4, 0.5) is 0 Å². The van der Waals surface area contributed by atoms with Gasteiger partial charge in [-0.15, -0.1) is 0 Å². The van der Waals surface area contributed by atoms with E-state index in [0.29, 0.717) is 25.7 Å². The molecule has 0 radical (unpaired) electrons. The van der Waals surface area contributed by atoms with Crippen molar-refractivity contribution in [2.24, 2.45) is 0 Å². The number of allylic oxidation sites excluding steroid dienone is 14. The minimum absolute atomic E-state index is 0.0794. The van der Waals surface area contributed by atoms with Crippen molar-refractivity contribution in [3.05, 3.63) is 85.1 Å². The van der Waals surface area contributed by atoms with Crippen LogP contribution < -0.4 is 0 Å². The Morgan fingerprint density at radius 3 is 0.957 bits per heavy atom. The minimum atomic E-state index is -4.97. The molecular weight excluding hydrogens is 1210 g/mol. The lowest BCUT2D eigenvalue weighted by Crippen LogP contribution is -2.30. The molecule has 532 valence electrons. The molecule has 19 heteroatoms. The van der Waals surface area contributed by atoms with Gasteiger partial charge >= 0.3 is 39.5 Å². The molecule has 5 atom stereocenters. The lowest BCUT2D eigenvalue weighted by molar-refractivity contribution is -0.161. The number of ether oxygens (including phenoxy) is 4. The maximum Gasteiger partial charge on any atom is 0.472 e. The van der Waals surface area contributed by atoms with Gasteiger partial charge in [0, 0.05) is 25.7 Å². The summed E-state index contributed by atoms with van der Waals surface area (Å²) in [5, 5.41) is 10.6. The van der Waals surface area contributed by atoms with Crippen LogP contribution in [0.15, 0.2) is 85.1 Å². The van der Waals surface area contributed by atoms with Gasteiger partial charge in [0.2, 0.25) is 0 Å². The van der Waals surface area contributed by atoms with Crippen LogP contribution in [-0.2, 0) is 65.4 Å². The number of phosphoric acid groups is 2. The highest BCUT2D eigenvalue weighted by molar-refractivity contribution is 7.47. The molecule has 0 aromatic carbocycles. The van der Waals surface area contributed by atoms with Gasteiger partial charge in [-0.3, -0.25) is 37.3 Å². The van der Waals surface area contributed by atoms with Crippen LogP contribution in [0, 0.1) is 0 Å². The number of unbranched alkanes of at least 4 members (excludes halogenated alkanes) is 27. The number of hydrogen-bond acceptors (Lipinski definition) is 15. The first kappa shape index (κ1) is 88.2. The second-order valence-electron chi connectivity index (χ2n) is 23.8. The summed E-state index contributed by atoms with van der Waals surface area (Å²) in [5.41, 5.74) is 0. The number of hydrogen-bond donors (Lipinski definition) is 3. The molecule has 3 N–H and O–H groups in total. The predicted molar refractivity (Wildman–Crippen MR) is 372 cm³/mol. The largest absolute Gasteiger partial charge is 0.472 e. The highest BCUT2D eigenvalue weighted by Gasteiger charge is 2.30. The van der Waals surface area contributed by atoms with Gasteiger partial charge in [-0.05, 0) is 109 Å². The molecule has 17 nitrogen and oxygen atoms in total. The third kappa shape index (κ3) is 64.9. The standard InChI is InChI=1S/C73H128O17P2/c1-5-9-13-17-21-25-29-31-32-33-34-36-40-42-46-50-54-58-71(76)84-64-69(90-73(78)60-56-52-48-44-38-28-24-20-16-12-8-4)66-88-92(81,82)86-62-67(74)61-85-91(79,80)87-65-68(89-72(77)59-55-51-47-43-37-27-23-19-15-11-7-3)63-83-70(75)57-53-49-45-41-39-35-30-26-22-18-14-10-6-2/h9,13-14,18,20-21,24-26,30-32,34,36,67-69,74H,5-8,10-12,15-17,19,22-23,27-29,33,35,37-66H2,1-4H3,(H,79,80)(H,81,82)/b13-9-,18-14-,24-20-,25-21-,30-26-,32-31-,36-34-. The molecule has 0 aliphatic carbocycles. The van der Waals surface area contributed by atoms with Gasteiger partial charge in [-0.2, -0.15) is 0 Å². The summed E-state index contributed by atoms with van der Waals surface area (Å²) >= 11 is 0. The van der Waals surface area contributed by atoms with Crippen molar-refractivity contribution in [1.29, 1.82) is 0 Å². The number of rotatable bonds is 67. The second kappa shape index (κ2) is 65.9. The number of aliphatic hydroxyl groups excluding tert-OH is 1. The number of carbonyl (C=O) groups is 4. The Kier molecular flexibility index (Phi) is 63.2. The zero-order valence-corrected chi connectivity index (χ0v) is 59.5. The van der Waals surface area contributed by atoms with Crippen molar-refractivity contribution in [2.75, 3.05) is 39.6 Å². The lowest BCUT2D eigenvalue weighted by Gasteiger charge is -2.21. The van der Waals surface area contributed by atoms with Crippen molar-refractivity contribution < 1.29 is 80.2 Å². The molecule has 0 heterocycles. The van der Waals surface area contributed by atoms with Crippen LogP contribution in [0.1, 0.15) is 297 Å². The van der Waals surface area contributed by atoms with Gasteiger partial charge < -0.3 is 33.8 Å². The van der Waals surface area contributed by atoms with E-state index in [4.69, 9.17) is 37.0 Å². The Morgan fingerprint density at radius 2 is 0.598 bits per heavy atom. The van der Waals surface area contributed by atoms with Crippen molar-refractivity contribution in [1.82, 2.24) is 0 Å². The smallest absolute Gasteiger partial charge is 0.462 e. The molecule has 0 spiro atoms. The Labute approximate surface area is 557 Å². The van der Waals surface area contributed by atoms with Crippen molar-refractivity contribution >= 4 is 39.5 Å². The van der Waals surface area contributed by atoms with E-state index < -0.39 is 97.5 Å². The molecule has 92 heavy (non-hydrogen) atoms. The molecule has 0 aromatic rings. The molecular formula is C73H128O17P2. The number of esters is 4. The average Bonchev–Trinajstić information content (AvgIpc) is 2.31. The van der Waals surface area contributed by atoms with E-state index in [1.54, 1.807) is 0 Å². The van der Waals surface area contributed by atoms with Crippen LogP contribution in [0.2, 0.25) is 0 Å². The molecule has 0 rings (SSSR count). The molecule has 0 aliphatic rings. The SMILES string of the molecule is CC/C=C\C/C=C\C/C=C\C/C=C\CCCCCCC(=O)OCC(COP(=O)(O)OCC(O)COP(=O)(O)OCC(COC(=O)CCCCCCC/C=C\C/C=C\CCC)OC(=O)CCCCCCCCCCCCC)OC(=O)CCCCCCC/C=C\CCCC. The third-order valence-electron chi connectivity index (χ3n) is 14.8. The van der Waals surface area contributed by atoms with E-state index in [1.165, 1.54) is 51.4 Å². The summed E-state index contributed by atoms with van der Waals surface area (Å²) in [4.78, 5) is 72.5. The average molecular weight is 1340 g/mol. The quantitative estimate of drug-likeness (QED) is 0.0169. The summed E-state index contributed by atoms with van der Waals surface area (Å²) in [5.74, 6) is -2.22. The Morgan fingerprint density at radius 1 is 0.315 bits per heavy atom. The summed E-state index contributed by atoms with van der Waals surface area (Å²) < 4.78 is 68.2. The maximum absolute atomic E-state index is 13.0. The number of phosphoric ester groups is 2. The molecule has 0 fully saturated rings. The lowest BCUT2D eigenvalue weighted by atomic mass is 10.1. The normalized spacial score (nSPS) is 14.6. The molecule has 0 amide bonds. The monoisotopic (exact) mass is 1340 g/mol. The van der Waals surface area contributed by atoms with Crippen molar-refractivity contribution in [3.8, 4) is 0 Å². The second-order valence-corrected chi connectivity index (χ2v) is 26.7. The van der Waals surface area contributed by atoms with Crippen molar-refractivity contribution in [3.63, 3.8) is 0 Å². The molecule has 0 saturated heterocycles. The molecule has 5 unspecified atom stereocenters. The molecule has 0 aromatic heterocycles. The van der Waals surface area contributed by atoms with Crippen LogP contribution in [0.25, 0.3) is 0 Å². The van der Waals surface area contributed by atoms with E-state index in [1.807, 2.05) is 0 Å². The molecule has 0 aliphatic heterocycles. The van der Waals surface area contributed by atoms with E-state index >= 15 is 0 Å². The van der Waals surface area contributed by atoms with Gasteiger partial charge in [0.15, 0.2) is 12.2 Å². The highest BCUT2D eigenvalue weighted by Crippen LogP contribution is 2.45. The van der Waals surface area contributed by atoms with E-state index in [-0.39, 0.29) is 25.7 Å². The van der Waals surface area contributed by atoms with Crippen LogP contribution >= 0.6 is 15.6 Å². The Balaban J connectivity index is 5.31. The first-order valence-corrected chi connectivity index (χ1v) is 38.8. The minimum Gasteiger partial charge on any atom is -0.462 e. The van der Waals surface area contributed by atoms with Gasteiger partial charge in [-0.25, -0.2) is 9.13 Å². The van der Waals surface area contributed by atoms with E-state index in [2.05, 4.69) is 113 Å². The Hall–Kier alpha value is -3.76. The van der Waals surface area contributed by atoms with Gasteiger partial charge in [-0.1, -0.05) is 248 Å². The topological polar surface area (TPSA) is 237 Å². The van der Waals surface area contributed by atoms with Crippen LogP contribution in [-0.4, -0.2) is 96.7 Å². The van der Waals surface area contributed by atoms with Crippen molar-refractivity contribution in [2.45, 2.75) is 316 Å². The zero-order valence-electron chi connectivity index (χ0n) is 57.7. The van der Waals surface area contributed by atoms with Crippen LogP contribution in [0.5, 0.6) is 0 Å². The summed E-state index contributed by atoms with van der Waals surface area (Å²) in [7, 11) is -9.94. The van der Waals surface area contributed by atoms with E-state index in [9.17, 15) is 43.2 Å². The molecule has 0 bridgehead atoms. The molecule has 0 saturated carbocycles. The first-order valence-electron chi connectivity index (χ1n) is 35.8. The maximum atomic E-state index is 13.0. The summed E-state index contributed by atoms with van der Waals surface area (Å²) in [6.45, 7) is 4.59. The van der Waals surface area contributed by atoms with Gasteiger partial charge in [0.05, 0.1) is 26.4 Å². The summed E-state index contributed by atoms with van der Waals surface area (Å²) in [6, 6.07) is 0. The first-order chi connectivity index (χ1) is 44.7. The van der Waals surface area contributed by atoms with Gasteiger partial charge in [0.25, 0.3) is 0 Å². The number of aliphatic hydroxyl groups is 1.